The van der Waals surface area contributed by atoms with E-state index in [4.69, 9.17) is 0 Å². The Bertz CT molecular complexity index is 4180. The highest BCUT2D eigenvalue weighted by Crippen LogP contribution is 2.55. The second-order valence-electron chi connectivity index (χ2n) is 22.5. The van der Waals surface area contributed by atoms with Crippen LogP contribution in [0.2, 0.25) is 0 Å². The van der Waals surface area contributed by atoms with E-state index in [0.717, 1.165) is 77.0 Å². The number of nitrogens with zero attached hydrogens (tertiary/aromatic N) is 6. The molecule has 0 N–H and O–H groups in total. The molecule has 0 unspecified atom stereocenters. The van der Waals surface area contributed by atoms with Gasteiger partial charge in [0.15, 0.2) is 0 Å². The molecule has 6 heteroatoms. The van der Waals surface area contributed by atoms with Crippen molar-refractivity contribution in [3.8, 4) is 11.1 Å². The summed E-state index contributed by atoms with van der Waals surface area (Å²) in [5.41, 5.74) is 48.5. The molecule has 0 bridgehead atoms. The van der Waals surface area contributed by atoms with Crippen molar-refractivity contribution in [1.29, 1.82) is 0 Å². The Kier molecular flexibility index (Phi) is 8.85. The molecule has 362 valence electrons. The molecular formula is C65H73N6+. The van der Waals surface area contributed by atoms with Crippen LogP contribution in [-0.2, 0) is 82.5 Å². The predicted octanol–water partition coefficient (Wildman–Crippen LogP) is 15.9. The van der Waals surface area contributed by atoms with Crippen molar-refractivity contribution in [3.05, 3.63) is 96.6 Å². The Labute approximate surface area is 417 Å². The zero-order valence-electron chi connectivity index (χ0n) is 45.5. The molecule has 12 heterocycles. The van der Waals surface area contributed by atoms with E-state index in [2.05, 4.69) is 155 Å². The molecule has 12 aromatic heterocycles. The third-order valence-electron chi connectivity index (χ3n) is 18.9. The second-order valence-corrected chi connectivity index (χ2v) is 22.5. The number of benzene rings is 2. The molecular weight excluding hydrogens is 865 g/mol. The molecule has 0 radical (unpaired) electrons. The highest BCUT2D eigenvalue weighted by atomic mass is 15.2. The zero-order valence-corrected chi connectivity index (χ0v) is 45.5. The fourth-order valence-electron chi connectivity index (χ4n) is 16.4. The summed E-state index contributed by atoms with van der Waals surface area (Å²) >= 11 is 0. The van der Waals surface area contributed by atoms with Gasteiger partial charge in [0.1, 0.15) is 27.6 Å². The Morgan fingerprint density at radius 2 is 0.549 bits per heavy atom. The van der Waals surface area contributed by atoms with E-state index in [1.54, 1.807) is 44.5 Å². The first kappa shape index (κ1) is 43.8. The lowest BCUT2D eigenvalue weighted by molar-refractivity contribution is -0.446. The quantitative estimate of drug-likeness (QED) is 0.0626. The normalized spacial score (nSPS) is 13.7. The van der Waals surface area contributed by atoms with E-state index in [9.17, 15) is 0 Å². The van der Waals surface area contributed by atoms with Gasteiger partial charge in [0, 0.05) is 11.1 Å². The molecule has 14 aromatic rings. The molecule has 14 rings (SSSR count). The van der Waals surface area contributed by atoms with Crippen LogP contribution in [0.5, 0.6) is 0 Å². The van der Waals surface area contributed by atoms with Crippen molar-refractivity contribution >= 4 is 99.3 Å². The van der Waals surface area contributed by atoms with Crippen LogP contribution >= 0.6 is 0 Å². The zero-order chi connectivity index (χ0) is 49.3. The molecule has 0 saturated carbocycles. The van der Waals surface area contributed by atoms with Gasteiger partial charge in [0.25, 0.3) is 5.52 Å². The van der Waals surface area contributed by atoms with Gasteiger partial charge in [-0.15, -0.1) is 4.40 Å². The number of rotatable bonds is 13. The molecule has 0 saturated heterocycles. The molecule has 0 fully saturated rings. The number of hydrogen-bond acceptors (Lipinski definition) is 0. The predicted molar refractivity (Wildman–Crippen MR) is 303 cm³/mol. The summed E-state index contributed by atoms with van der Waals surface area (Å²) in [5, 5.41) is 0. The molecule has 0 aliphatic carbocycles. The van der Waals surface area contributed by atoms with Gasteiger partial charge in [-0.1, -0.05) is 128 Å². The maximum atomic E-state index is 2.92. The van der Waals surface area contributed by atoms with Gasteiger partial charge in [-0.05, 0) is 149 Å². The largest absolute Gasteiger partial charge is 0.302 e. The van der Waals surface area contributed by atoms with E-state index >= 15 is 0 Å². The Balaban J connectivity index is 1.50. The topological polar surface area (TPSA) is 26.1 Å². The third-order valence-corrected chi connectivity index (χ3v) is 18.9. The van der Waals surface area contributed by atoms with E-state index in [1.807, 2.05) is 0 Å². The molecule has 6 nitrogen and oxygen atoms in total. The first-order valence-corrected chi connectivity index (χ1v) is 28.3. The van der Waals surface area contributed by atoms with Gasteiger partial charge in [-0.3, -0.25) is 8.80 Å². The summed E-state index contributed by atoms with van der Waals surface area (Å²) in [7, 11) is 0. The lowest BCUT2D eigenvalue weighted by Crippen LogP contribution is -2.26. The van der Waals surface area contributed by atoms with Crippen LogP contribution < -0.4 is 4.40 Å². The highest BCUT2D eigenvalue weighted by molar-refractivity contribution is 6.29. The van der Waals surface area contributed by atoms with Crippen LogP contribution in [0.3, 0.4) is 0 Å². The molecule has 0 aliphatic heterocycles. The third kappa shape index (κ3) is 4.49. The first-order valence-electron chi connectivity index (χ1n) is 28.3. The second kappa shape index (κ2) is 14.4. The van der Waals surface area contributed by atoms with Gasteiger partial charge in [-0.2, -0.15) is 0 Å². The van der Waals surface area contributed by atoms with Gasteiger partial charge in [-0.25, -0.2) is 0 Å². The SMILES string of the molecule is CCc1c(CC)c2c3c(CC)c(CC)c4c5c(CC)c(CC)c6c7c(CC)c(CC)c8c9c(CC)c(CC)c%10c%11c(CC)c(CC)c%12c(-c%13ccc(C(C)(C)C)cc%13)c1n2c1c(c(c(c(c1[n+]%12%11)n9%10)n78)n56)n34. The van der Waals surface area contributed by atoms with E-state index in [1.165, 1.54) is 138 Å². The lowest BCUT2D eigenvalue weighted by atomic mass is 9.86. The summed E-state index contributed by atoms with van der Waals surface area (Å²) in [6.07, 6.45) is 11.9. The summed E-state index contributed by atoms with van der Waals surface area (Å²) in [4.78, 5) is 0. The van der Waals surface area contributed by atoms with Crippen LogP contribution in [0.4, 0.5) is 0 Å². The van der Waals surface area contributed by atoms with E-state index < -0.39 is 0 Å². The maximum absolute atomic E-state index is 2.92. The average Bonchev–Trinajstić information content (AvgIpc) is 4.22. The van der Waals surface area contributed by atoms with Crippen molar-refractivity contribution in [2.75, 3.05) is 0 Å². The molecule has 0 aliphatic rings. The van der Waals surface area contributed by atoms with Crippen LogP contribution in [0.15, 0.2) is 24.3 Å². The van der Waals surface area contributed by atoms with Gasteiger partial charge >= 0.3 is 0 Å². The van der Waals surface area contributed by atoms with Crippen molar-refractivity contribution in [3.63, 3.8) is 0 Å². The molecule has 2 aromatic carbocycles. The smallest absolute Gasteiger partial charge is 0.264 e. The minimum absolute atomic E-state index is 0.0495. The maximum Gasteiger partial charge on any atom is 0.264 e. The Morgan fingerprint density at radius 1 is 0.282 bits per heavy atom. The van der Waals surface area contributed by atoms with Crippen molar-refractivity contribution in [1.82, 2.24) is 22.0 Å². The first-order chi connectivity index (χ1) is 34.5. The standard InChI is InChI=1S/C65H73N6/c1-16-34-36(18-3)49-51-38(20-5)40(22-7)53-55-42(24-9)44(26-11)57-58-45(27-12)43(25-10)56-54-41(23-8)39(21-6)52-50-37(19-4)35(17-2)48-46(32-28-30-33(31-29-32)65(13,14)15)47(34)66(49)59-60(67(48)50)62(69(52)54)64(71(56)58)63(70(55)57)61(59)68(51)53/h28-31H,16-27H2,1-15H3/q+1. The molecule has 71 heavy (non-hydrogen) atoms. The summed E-state index contributed by atoms with van der Waals surface area (Å²) in [6.45, 7) is 36.4. The van der Waals surface area contributed by atoms with Gasteiger partial charge < -0.3 is 13.2 Å². The fraction of sp³-hybridized carbons (Fsp3) is 0.431. The highest BCUT2D eigenvalue weighted by Gasteiger charge is 2.44. The average molecular weight is 938 g/mol. The van der Waals surface area contributed by atoms with Crippen molar-refractivity contribution < 1.29 is 4.40 Å². The van der Waals surface area contributed by atoms with Crippen LogP contribution in [0.25, 0.3) is 110 Å². The van der Waals surface area contributed by atoms with Crippen LogP contribution in [0.1, 0.15) is 176 Å². The summed E-state index contributed by atoms with van der Waals surface area (Å²) < 4.78 is 17.5. The van der Waals surface area contributed by atoms with Gasteiger partial charge in [0.2, 0.25) is 11.0 Å². The number of fused-ring (bicyclic) bond motifs is 5. The van der Waals surface area contributed by atoms with E-state index in [0.29, 0.717) is 0 Å². The Hall–Kier alpha value is -6.01. The van der Waals surface area contributed by atoms with Crippen LogP contribution in [0, 0.1) is 0 Å². The van der Waals surface area contributed by atoms with Crippen molar-refractivity contribution in [2.24, 2.45) is 0 Å². The summed E-state index contributed by atoms with van der Waals surface area (Å²) in [5.74, 6) is 0. The molecule has 0 amide bonds. The lowest BCUT2D eigenvalue weighted by Gasteiger charge is -2.23. The van der Waals surface area contributed by atoms with Crippen LogP contribution in [-0.4, -0.2) is 22.0 Å². The monoisotopic (exact) mass is 938 g/mol. The fourth-order valence-corrected chi connectivity index (χ4v) is 16.4. The summed E-state index contributed by atoms with van der Waals surface area (Å²) in [6, 6.07) is 9.90. The van der Waals surface area contributed by atoms with E-state index in [-0.39, 0.29) is 5.41 Å². The van der Waals surface area contributed by atoms with Crippen molar-refractivity contribution in [2.45, 2.75) is 186 Å². The number of aromatic nitrogens is 6. The Morgan fingerprint density at radius 3 is 0.873 bits per heavy atom. The van der Waals surface area contributed by atoms with Gasteiger partial charge in [0.05, 0.1) is 60.7 Å². The minimum Gasteiger partial charge on any atom is -0.302 e. The number of hydrogen-bond donors (Lipinski definition) is 0. The molecule has 0 atom stereocenters. The number of aryl methyl sites for hydroxylation is 12. The molecule has 0 spiro atoms. The minimum atomic E-state index is 0.0495.